The first-order chi connectivity index (χ1) is 18.1. The van der Waals surface area contributed by atoms with Crippen LogP contribution in [0.15, 0.2) is 58.5 Å². The maximum Gasteiger partial charge on any atom is 0.299 e. The van der Waals surface area contributed by atoms with E-state index in [9.17, 15) is 4.79 Å². The first-order valence-electron chi connectivity index (χ1n) is 11.5. The SMILES string of the molecule is CCN(C)c1ccc(N=C2C(=O)N(c3c(Cl)cc(Cl)cc3Cl)NC2=Nc2cc(OCN)ccc2Cl)c(C)c1. The van der Waals surface area contributed by atoms with E-state index < -0.39 is 5.91 Å². The first-order valence-corrected chi connectivity index (χ1v) is 13.0. The molecule has 1 saturated heterocycles. The molecule has 12 heteroatoms. The molecule has 1 aliphatic rings. The Morgan fingerprint density at radius 2 is 1.68 bits per heavy atom. The van der Waals surface area contributed by atoms with Crippen molar-refractivity contribution >= 4 is 86.6 Å². The number of rotatable bonds is 7. The second-order valence-corrected chi connectivity index (χ2v) is 9.96. The van der Waals surface area contributed by atoms with Crippen LogP contribution < -0.4 is 25.8 Å². The van der Waals surface area contributed by atoms with Gasteiger partial charge in [-0.25, -0.2) is 15.0 Å². The van der Waals surface area contributed by atoms with E-state index >= 15 is 0 Å². The number of amidine groups is 1. The number of nitrogens with one attached hydrogen (secondary N) is 1. The zero-order valence-corrected chi connectivity index (χ0v) is 23.8. The van der Waals surface area contributed by atoms with Gasteiger partial charge in [0.15, 0.2) is 11.5 Å². The van der Waals surface area contributed by atoms with Gasteiger partial charge in [0.2, 0.25) is 0 Å². The molecular weight excluding hydrogens is 570 g/mol. The van der Waals surface area contributed by atoms with Crippen LogP contribution in [0.5, 0.6) is 5.75 Å². The summed E-state index contributed by atoms with van der Waals surface area (Å²) >= 11 is 25.3. The van der Waals surface area contributed by atoms with Crippen molar-refractivity contribution in [3.8, 4) is 5.75 Å². The Kier molecular flexibility index (Phi) is 8.70. The summed E-state index contributed by atoms with van der Waals surface area (Å²) in [5.74, 6) is 0.0822. The number of hydrogen-bond donors (Lipinski definition) is 2. The fraction of sp³-hybridized carbons (Fsp3) is 0.192. The molecule has 0 atom stereocenters. The molecule has 1 fully saturated rings. The molecule has 38 heavy (non-hydrogen) atoms. The van der Waals surface area contributed by atoms with E-state index in [2.05, 4.69) is 22.2 Å². The average molecular weight is 594 g/mol. The predicted octanol–water partition coefficient (Wildman–Crippen LogP) is 6.71. The highest BCUT2D eigenvalue weighted by atomic mass is 35.5. The lowest BCUT2D eigenvalue weighted by molar-refractivity contribution is -0.112. The summed E-state index contributed by atoms with van der Waals surface area (Å²) in [6, 6.07) is 13.7. The number of hydrogen-bond acceptors (Lipinski definition) is 6. The molecule has 0 bridgehead atoms. The van der Waals surface area contributed by atoms with Gasteiger partial charge in [-0.05, 0) is 61.9 Å². The molecule has 0 unspecified atom stereocenters. The Labute approximate surface area is 240 Å². The Bertz CT molecular complexity index is 1440. The molecule has 1 heterocycles. The Morgan fingerprint density at radius 1 is 0.974 bits per heavy atom. The first kappa shape index (κ1) is 28.0. The van der Waals surface area contributed by atoms with Gasteiger partial charge in [0.05, 0.1) is 26.4 Å². The van der Waals surface area contributed by atoms with Crippen LogP contribution in [0.1, 0.15) is 12.5 Å². The van der Waals surface area contributed by atoms with Gasteiger partial charge in [-0.15, -0.1) is 0 Å². The fourth-order valence-electron chi connectivity index (χ4n) is 3.69. The summed E-state index contributed by atoms with van der Waals surface area (Å²) in [6.45, 7) is 4.81. The molecule has 0 spiro atoms. The second-order valence-electron chi connectivity index (χ2n) is 8.30. The molecule has 0 aromatic heterocycles. The van der Waals surface area contributed by atoms with Gasteiger partial charge >= 0.3 is 0 Å². The van der Waals surface area contributed by atoms with Crippen LogP contribution in [0.2, 0.25) is 20.1 Å². The maximum absolute atomic E-state index is 13.7. The molecule has 3 aromatic rings. The topological polar surface area (TPSA) is 95.5 Å². The van der Waals surface area contributed by atoms with Gasteiger partial charge in [-0.2, -0.15) is 0 Å². The number of aliphatic imine (C=N–C) groups is 2. The van der Waals surface area contributed by atoms with Crippen LogP contribution >= 0.6 is 46.4 Å². The van der Waals surface area contributed by atoms with Crippen LogP contribution in [0.3, 0.4) is 0 Å². The van der Waals surface area contributed by atoms with Crippen molar-refractivity contribution in [3.05, 3.63) is 74.2 Å². The van der Waals surface area contributed by atoms with Crippen LogP contribution in [-0.2, 0) is 4.79 Å². The number of nitrogens with zero attached hydrogens (tertiary/aromatic N) is 4. The zero-order chi connectivity index (χ0) is 27.6. The summed E-state index contributed by atoms with van der Waals surface area (Å²) in [5, 5.41) is 2.18. The number of amides is 1. The number of halogens is 4. The predicted molar refractivity (Wildman–Crippen MR) is 158 cm³/mol. The number of ether oxygens (including phenoxy) is 1. The van der Waals surface area contributed by atoms with E-state index in [1.165, 1.54) is 17.1 Å². The summed E-state index contributed by atoms with van der Waals surface area (Å²) in [5.41, 5.74) is 11.6. The second kappa shape index (κ2) is 11.8. The summed E-state index contributed by atoms with van der Waals surface area (Å²) in [4.78, 5) is 25.1. The van der Waals surface area contributed by atoms with Gasteiger partial charge in [0, 0.05) is 30.4 Å². The van der Waals surface area contributed by atoms with Crippen LogP contribution in [0.4, 0.5) is 22.7 Å². The molecule has 0 radical (unpaired) electrons. The Hall–Kier alpha value is -3.01. The molecule has 4 rings (SSSR count). The number of hydrazine groups is 1. The lowest BCUT2D eigenvalue weighted by Gasteiger charge is -2.18. The fourth-order valence-corrected chi connectivity index (χ4v) is 4.84. The monoisotopic (exact) mass is 592 g/mol. The molecule has 8 nitrogen and oxygen atoms in total. The Morgan fingerprint density at radius 3 is 2.32 bits per heavy atom. The number of benzene rings is 3. The standard InChI is InChI=1S/C26H24Cl4N6O2/c1-4-35(3)16-5-8-21(14(2)9-16)32-23-25(33-22-12-17(38-13-31)6-7-18(22)28)34-36(26(23)37)24-19(29)10-15(27)11-20(24)30/h5-12H,4,13,31H2,1-3H3,(H,33,34). The number of carbonyl (C=O) groups is 1. The normalized spacial score (nSPS) is 15.4. The van der Waals surface area contributed by atoms with Crippen molar-refractivity contribution in [2.75, 3.05) is 30.2 Å². The maximum atomic E-state index is 13.7. The summed E-state index contributed by atoms with van der Waals surface area (Å²) in [6.07, 6.45) is 0. The van der Waals surface area contributed by atoms with Crippen molar-refractivity contribution in [2.45, 2.75) is 13.8 Å². The molecule has 198 valence electrons. The van der Waals surface area contributed by atoms with E-state index in [4.69, 9.17) is 61.9 Å². The molecule has 1 aliphatic heterocycles. The molecule has 3 N–H and O–H groups in total. The summed E-state index contributed by atoms with van der Waals surface area (Å²) < 4.78 is 5.37. The molecule has 0 saturated carbocycles. The third-order valence-electron chi connectivity index (χ3n) is 5.78. The van der Waals surface area contributed by atoms with Crippen molar-refractivity contribution < 1.29 is 9.53 Å². The van der Waals surface area contributed by atoms with Crippen LogP contribution in [-0.4, -0.2) is 37.8 Å². The minimum Gasteiger partial charge on any atom is -0.479 e. The number of nitrogens with two attached hydrogens (primary N) is 1. The quantitative estimate of drug-likeness (QED) is 0.297. The van der Waals surface area contributed by atoms with Crippen molar-refractivity contribution in [3.63, 3.8) is 0 Å². The van der Waals surface area contributed by atoms with Gasteiger partial charge < -0.3 is 9.64 Å². The van der Waals surface area contributed by atoms with Gasteiger partial charge in [-0.1, -0.05) is 46.4 Å². The van der Waals surface area contributed by atoms with E-state index in [1.54, 1.807) is 18.2 Å². The number of carbonyl (C=O) groups excluding carboxylic acids is 1. The third-order valence-corrected chi connectivity index (χ3v) is 6.89. The van der Waals surface area contributed by atoms with Gasteiger partial charge in [-0.3, -0.25) is 16.0 Å². The molecule has 0 aliphatic carbocycles. The van der Waals surface area contributed by atoms with Crippen molar-refractivity contribution in [2.24, 2.45) is 15.7 Å². The lowest BCUT2D eigenvalue weighted by Crippen LogP contribution is -2.36. The van der Waals surface area contributed by atoms with Gasteiger partial charge in [0.1, 0.15) is 18.2 Å². The largest absolute Gasteiger partial charge is 0.479 e. The third kappa shape index (κ3) is 5.85. The number of anilines is 2. The lowest BCUT2D eigenvalue weighted by atomic mass is 10.1. The van der Waals surface area contributed by atoms with Crippen LogP contribution in [0, 0.1) is 6.92 Å². The average Bonchev–Trinajstić information content (AvgIpc) is 3.15. The minimum absolute atomic E-state index is 0.0229. The van der Waals surface area contributed by atoms with Crippen molar-refractivity contribution in [1.29, 1.82) is 0 Å². The zero-order valence-electron chi connectivity index (χ0n) is 20.7. The van der Waals surface area contributed by atoms with Crippen LogP contribution in [0.25, 0.3) is 0 Å². The van der Waals surface area contributed by atoms with E-state index in [-0.39, 0.29) is 34.0 Å². The van der Waals surface area contributed by atoms with E-state index in [0.29, 0.717) is 27.2 Å². The summed E-state index contributed by atoms with van der Waals surface area (Å²) in [7, 11) is 2.00. The van der Waals surface area contributed by atoms with Gasteiger partial charge in [0.25, 0.3) is 5.91 Å². The highest BCUT2D eigenvalue weighted by Gasteiger charge is 2.37. The highest BCUT2D eigenvalue weighted by molar-refractivity contribution is 6.72. The molecule has 1 amide bonds. The minimum atomic E-state index is -0.519. The highest BCUT2D eigenvalue weighted by Crippen LogP contribution is 2.38. The molecule has 3 aromatic carbocycles. The number of aryl methyl sites for hydroxylation is 1. The van der Waals surface area contributed by atoms with E-state index in [1.807, 2.05) is 32.2 Å². The van der Waals surface area contributed by atoms with E-state index in [0.717, 1.165) is 17.8 Å². The smallest absolute Gasteiger partial charge is 0.299 e. The van der Waals surface area contributed by atoms with Crippen molar-refractivity contribution in [1.82, 2.24) is 5.43 Å². The molecular formula is C26H24Cl4N6O2. The Balaban J connectivity index is 1.86.